The number of hydrogen-bond donors (Lipinski definition) is 2. The number of likely N-dealkylation sites (N-methyl/N-ethyl adjacent to an activating group) is 1. The first-order valence-corrected chi connectivity index (χ1v) is 6.07. The SMILES string of the molecule is CN(C)CC(O)c1ccc(Br)cn1.O=C(O)C(F)(F)F. The van der Waals surface area contributed by atoms with Crippen LogP contribution in [0.2, 0.25) is 0 Å². The summed E-state index contributed by atoms with van der Waals surface area (Å²) in [5.74, 6) is -2.76. The highest BCUT2D eigenvalue weighted by atomic mass is 79.9. The zero-order chi connectivity index (χ0) is 15.9. The standard InChI is InChI=1S/C9H13BrN2O.C2HF3O2/c1-12(2)6-9(13)8-4-3-7(10)5-11-8;3-2(4,5)1(6)7/h3-5,9,13H,6H2,1-2H3;(H,6,7). The minimum Gasteiger partial charge on any atom is -0.475 e. The molecule has 1 heterocycles. The van der Waals surface area contributed by atoms with E-state index in [0.717, 1.165) is 4.47 Å². The summed E-state index contributed by atoms with van der Waals surface area (Å²) in [5.41, 5.74) is 0.705. The van der Waals surface area contributed by atoms with E-state index >= 15 is 0 Å². The van der Waals surface area contributed by atoms with Crippen molar-refractivity contribution in [2.45, 2.75) is 12.3 Å². The van der Waals surface area contributed by atoms with E-state index in [-0.39, 0.29) is 0 Å². The number of aliphatic carboxylic acids is 1. The maximum Gasteiger partial charge on any atom is 0.490 e. The van der Waals surface area contributed by atoms with E-state index in [1.165, 1.54) is 0 Å². The molecule has 9 heteroatoms. The number of aromatic nitrogens is 1. The number of hydrogen-bond acceptors (Lipinski definition) is 4. The van der Waals surface area contributed by atoms with Crippen LogP contribution in [-0.4, -0.2) is 52.9 Å². The van der Waals surface area contributed by atoms with E-state index < -0.39 is 18.2 Å². The van der Waals surface area contributed by atoms with Crippen LogP contribution in [0.4, 0.5) is 13.2 Å². The number of aliphatic hydroxyl groups is 1. The Morgan fingerprint density at radius 3 is 2.25 bits per heavy atom. The predicted octanol–water partition coefficient (Wildman–Crippen LogP) is 2.07. The van der Waals surface area contributed by atoms with Gasteiger partial charge in [-0.3, -0.25) is 4.98 Å². The van der Waals surface area contributed by atoms with Crippen LogP contribution in [0.5, 0.6) is 0 Å². The van der Waals surface area contributed by atoms with Crippen LogP contribution in [0.15, 0.2) is 22.8 Å². The van der Waals surface area contributed by atoms with Crippen molar-refractivity contribution in [3.8, 4) is 0 Å². The summed E-state index contributed by atoms with van der Waals surface area (Å²) in [6.45, 7) is 0.592. The van der Waals surface area contributed by atoms with Gasteiger partial charge in [-0.05, 0) is 42.2 Å². The summed E-state index contributed by atoms with van der Waals surface area (Å²) in [4.78, 5) is 14.9. The Hall–Kier alpha value is -1.19. The number of halogens is 4. The Morgan fingerprint density at radius 1 is 1.45 bits per heavy atom. The quantitative estimate of drug-likeness (QED) is 0.865. The molecule has 1 aromatic rings. The lowest BCUT2D eigenvalue weighted by Gasteiger charge is -2.15. The van der Waals surface area contributed by atoms with Gasteiger partial charge >= 0.3 is 12.1 Å². The molecule has 0 saturated carbocycles. The van der Waals surface area contributed by atoms with E-state index in [9.17, 15) is 18.3 Å². The normalized spacial score (nSPS) is 12.6. The first kappa shape index (κ1) is 18.8. The molecule has 2 N–H and O–H groups in total. The van der Waals surface area contributed by atoms with Crippen LogP contribution >= 0.6 is 15.9 Å². The number of carboxylic acid groups (broad SMARTS) is 1. The second-order valence-electron chi connectivity index (χ2n) is 3.98. The molecular formula is C11H14BrF3N2O3. The Kier molecular flexibility index (Phi) is 7.69. The minimum absolute atomic E-state index is 0.511. The highest BCUT2D eigenvalue weighted by Crippen LogP contribution is 2.14. The van der Waals surface area contributed by atoms with Gasteiger partial charge in [-0.1, -0.05) is 0 Å². The molecule has 0 aliphatic rings. The lowest BCUT2D eigenvalue weighted by molar-refractivity contribution is -0.192. The van der Waals surface area contributed by atoms with E-state index in [1.807, 2.05) is 31.1 Å². The fourth-order valence-corrected chi connectivity index (χ4v) is 1.26. The van der Waals surface area contributed by atoms with Crippen LogP contribution < -0.4 is 0 Å². The fraction of sp³-hybridized carbons (Fsp3) is 0.455. The molecule has 0 spiro atoms. The van der Waals surface area contributed by atoms with Crippen LogP contribution in [0.3, 0.4) is 0 Å². The zero-order valence-electron chi connectivity index (χ0n) is 10.7. The molecule has 20 heavy (non-hydrogen) atoms. The predicted molar refractivity (Wildman–Crippen MR) is 69.1 cm³/mol. The lowest BCUT2D eigenvalue weighted by atomic mass is 10.2. The molecule has 0 saturated heterocycles. The molecule has 0 amide bonds. The Bertz CT molecular complexity index is 424. The summed E-state index contributed by atoms with van der Waals surface area (Å²) >= 11 is 3.29. The van der Waals surface area contributed by atoms with Gasteiger partial charge in [-0.2, -0.15) is 13.2 Å². The Labute approximate surface area is 122 Å². The van der Waals surface area contributed by atoms with Gasteiger partial charge in [0.15, 0.2) is 0 Å². The number of pyridine rings is 1. The number of nitrogens with zero attached hydrogens (tertiary/aromatic N) is 2. The van der Waals surface area contributed by atoms with Crippen molar-refractivity contribution in [3.63, 3.8) is 0 Å². The average Bonchev–Trinajstić information content (AvgIpc) is 2.28. The Balaban J connectivity index is 0.000000441. The van der Waals surface area contributed by atoms with E-state index in [1.54, 1.807) is 6.20 Å². The van der Waals surface area contributed by atoms with Crippen LogP contribution in [0.25, 0.3) is 0 Å². The van der Waals surface area contributed by atoms with Crippen molar-refractivity contribution in [3.05, 3.63) is 28.5 Å². The minimum atomic E-state index is -5.08. The summed E-state index contributed by atoms with van der Waals surface area (Å²) in [5, 5.41) is 16.8. The van der Waals surface area contributed by atoms with Gasteiger partial charge in [0.2, 0.25) is 0 Å². The molecule has 1 atom stereocenters. The molecule has 114 valence electrons. The molecule has 1 aromatic heterocycles. The smallest absolute Gasteiger partial charge is 0.475 e. The van der Waals surface area contributed by atoms with Crippen molar-refractivity contribution >= 4 is 21.9 Å². The summed E-state index contributed by atoms with van der Waals surface area (Å²) in [6, 6.07) is 3.69. The maximum atomic E-state index is 10.6. The van der Waals surface area contributed by atoms with Gasteiger partial charge in [-0.25, -0.2) is 4.79 Å². The molecule has 1 unspecified atom stereocenters. The molecule has 0 bridgehead atoms. The second kappa shape index (κ2) is 8.18. The maximum absolute atomic E-state index is 10.6. The monoisotopic (exact) mass is 358 g/mol. The van der Waals surface area contributed by atoms with Gasteiger partial charge in [0.1, 0.15) is 6.10 Å². The number of carboxylic acids is 1. The summed E-state index contributed by atoms with van der Waals surface area (Å²) in [7, 11) is 3.84. The van der Waals surface area contributed by atoms with E-state index in [0.29, 0.717) is 12.2 Å². The van der Waals surface area contributed by atoms with E-state index in [4.69, 9.17) is 9.90 Å². The molecular weight excluding hydrogens is 345 g/mol. The first-order valence-electron chi connectivity index (χ1n) is 5.28. The van der Waals surface area contributed by atoms with Crippen LogP contribution in [-0.2, 0) is 4.79 Å². The lowest BCUT2D eigenvalue weighted by Crippen LogP contribution is -2.21. The van der Waals surface area contributed by atoms with Crippen molar-refractivity contribution < 1.29 is 28.2 Å². The van der Waals surface area contributed by atoms with Crippen LogP contribution in [0, 0.1) is 0 Å². The highest BCUT2D eigenvalue weighted by molar-refractivity contribution is 9.10. The number of carbonyl (C=O) groups is 1. The van der Waals surface area contributed by atoms with Gasteiger partial charge < -0.3 is 15.1 Å². The molecule has 5 nitrogen and oxygen atoms in total. The van der Waals surface area contributed by atoms with Crippen molar-refractivity contribution in [1.82, 2.24) is 9.88 Å². The van der Waals surface area contributed by atoms with Gasteiger partial charge in [0.05, 0.1) is 5.69 Å². The van der Waals surface area contributed by atoms with E-state index in [2.05, 4.69) is 20.9 Å². The average molecular weight is 359 g/mol. The summed E-state index contributed by atoms with van der Waals surface area (Å²) in [6.07, 6.45) is -3.91. The molecule has 0 fully saturated rings. The number of aliphatic hydroxyl groups excluding tert-OH is 1. The number of alkyl halides is 3. The van der Waals surface area contributed by atoms with Crippen molar-refractivity contribution in [1.29, 1.82) is 0 Å². The molecule has 0 aliphatic carbocycles. The highest BCUT2D eigenvalue weighted by Gasteiger charge is 2.38. The number of rotatable bonds is 3. The summed E-state index contributed by atoms with van der Waals surface area (Å²) < 4.78 is 32.7. The molecule has 0 aliphatic heterocycles. The third kappa shape index (κ3) is 8.08. The molecule has 0 aromatic carbocycles. The Morgan fingerprint density at radius 2 is 1.95 bits per heavy atom. The third-order valence-corrected chi connectivity index (χ3v) is 2.34. The topological polar surface area (TPSA) is 73.7 Å². The van der Waals surface area contributed by atoms with Gasteiger partial charge in [-0.15, -0.1) is 0 Å². The van der Waals surface area contributed by atoms with Gasteiger partial charge in [0.25, 0.3) is 0 Å². The zero-order valence-corrected chi connectivity index (χ0v) is 12.3. The third-order valence-electron chi connectivity index (χ3n) is 1.87. The molecule has 0 radical (unpaired) electrons. The first-order chi connectivity index (χ1) is 9.04. The van der Waals surface area contributed by atoms with Crippen molar-refractivity contribution in [2.24, 2.45) is 0 Å². The molecule has 1 rings (SSSR count). The fourth-order valence-electron chi connectivity index (χ4n) is 1.02. The van der Waals surface area contributed by atoms with Crippen molar-refractivity contribution in [2.75, 3.05) is 20.6 Å². The largest absolute Gasteiger partial charge is 0.490 e. The van der Waals surface area contributed by atoms with Gasteiger partial charge in [0, 0.05) is 17.2 Å². The van der Waals surface area contributed by atoms with Crippen LogP contribution in [0.1, 0.15) is 11.8 Å². The second-order valence-corrected chi connectivity index (χ2v) is 4.90.